The number of aromatic nitrogens is 2. The Balaban J connectivity index is 1.24. The lowest BCUT2D eigenvalue weighted by molar-refractivity contribution is -0.136. The van der Waals surface area contributed by atoms with Crippen molar-refractivity contribution in [1.29, 1.82) is 0 Å². The van der Waals surface area contributed by atoms with Gasteiger partial charge in [0.2, 0.25) is 5.91 Å². The minimum Gasteiger partial charge on any atom is -0.334 e. The number of benzene rings is 2. The number of aryl methyl sites for hydroxylation is 1. The van der Waals surface area contributed by atoms with E-state index in [4.69, 9.17) is 28.2 Å². The Hall–Kier alpha value is -2.86. The molecule has 0 radical (unpaired) electrons. The maximum atomic E-state index is 13.4. The first kappa shape index (κ1) is 23.5. The molecule has 4 heterocycles. The topological polar surface area (TPSA) is 40.9 Å². The minimum absolute atomic E-state index is 0.190. The average Bonchev–Trinajstić information content (AvgIpc) is 3.36. The van der Waals surface area contributed by atoms with E-state index in [1.54, 1.807) is 0 Å². The monoisotopic (exact) mass is 518 g/mol. The number of likely N-dealkylation sites (tertiary alicyclic amines) is 1. The quantitative estimate of drug-likeness (QED) is 0.323. The fraction of sp³-hybridized carbons (Fsp3) is 0.310. The molecule has 0 spiro atoms. The van der Waals surface area contributed by atoms with E-state index in [1.165, 1.54) is 5.69 Å². The number of piperazine rings is 1. The van der Waals surface area contributed by atoms with Gasteiger partial charge in [-0.2, -0.15) is 0 Å². The van der Waals surface area contributed by atoms with Gasteiger partial charge in [0, 0.05) is 53.5 Å². The summed E-state index contributed by atoms with van der Waals surface area (Å²) in [7, 11) is 0. The van der Waals surface area contributed by atoms with Crippen LogP contribution in [0.4, 0.5) is 0 Å². The number of pyridine rings is 1. The summed E-state index contributed by atoms with van der Waals surface area (Å²) >= 11 is 12.6. The van der Waals surface area contributed by atoms with Crippen molar-refractivity contribution in [2.75, 3.05) is 13.1 Å². The largest absolute Gasteiger partial charge is 0.334 e. The fourth-order valence-electron chi connectivity index (χ4n) is 5.91. The van der Waals surface area contributed by atoms with Crippen LogP contribution in [0.1, 0.15) is 29.7 Å². The molecule has 6 rings (SSSR count). The number of hydrogen-bond donors (Lipinski definition) is 0. The van der Waals surface area contributed by atoms with Crippen LogP contribution in [0.3, 0.4) is 0 Å². The molecule has 0 aliphatic carbocycles. The Bertz CT molecular complexity index is 1400. The number of nitrogens with zero attached hydrogens (tertiary/aromatic N) is 4. The van der Waals surface area contributed by atoms with E-state index in [2.05, 4.69) is 20.4 Å². The van der Waals surface area contributed by atoms with E-state index >= 15 is 0 Å². The third kappa shape index (κ3) is 4.30. The van der Waals surface area contributed by atoms with Crippen LogP contribution in [-0.2, 0) is 17.8 Å². The maximum Gasteiger partial charge on any atom is 0.227 e. The number of carbonyl (C=O) groups excluding carboxylic acids is 1. The van der Waals surface area contributed by atoms with Crippen molar-refractivity contribution in [2.45, 2.75) is 44.8 Å². The molecule has 7 heteroatoms. The van der Waals surface area contributed by atoms with Crippen molar-refractivity contribution in [3.05, 3.63) is 93.7 Å². The van der Waals surface area contributed by atoms with Crippen LogP contribution in [0.5, 0.6) is 0 Å². The van der Waals surface area contributed by atoms with Crippen LogP contribution in [0.15, 0.2) is 66.9 Å². The highest BCUT2D eigenvalue weighted by Crippen LogP contribution is 2.34. The number of amides is 1. The van der Waals surface area contributed by atoms with Crippen LogP contribution in [0, 0.1) is 6.92 Å². The molecule has 184 valence electrons. The van der Waals surface area contributed by atoms with Gasteiger partial charge in [0.05, 0.1) is 17.8 Å². The van der Waals surface area contributed by atoms with E-state index < -0.39 is 0 Å². The summed E-state index contributed by atoms with van der Waals surface area (Å²) < 4.78 is 2.18. The van der Waals surface area contributed by atoms with Gasteiger partial charge >= 0.3 is 0 Å². The third-order valence-corrected chi connectivity index (χ3v) is 8.25. The molecular formula is C29H28Cl2N4O. The number of carbonyl (C=O) groups is 1. The molecule has 4 aromatic rings. The number of hydrogen-bond acceptors (Lipinski definition) is 3. The number of imidazole rings is 1. The molecule has 36 heavy (non-hydrogen) atoms. The van der Waals surface area contributed by atoms with Crippen LogP contribution < -0.4 is 0 Å². The Labute approximate surface area is 221 Å². The predicted molar refractivity (Wildman–Crippen MR) is 144 cm³/mol. The molecule has 2 saturated heterocycles. The van der Waals surface area contributed by atoms with Crippen LogP contribution >= 0.6 is 23.2 Å². The summed E-state index contributed by atoms with van der Waals surface area (Å²) in [6, 6.07) is 20.3. The summed E-state index contributed by atoms with van der Waals surface area (Å²) in [4.78, 5) is 23.0. The number of fused-ring (bicyclic) bond motifs is 3. The Morgan fingerprint density at radius 2 is 1.72 bits per heavy atom. The lowest BCUT2D eigenvalue weighted by Crippen LogP contribution is -2.55. The fourth-order valence-corrected chi connectivity index (χ4v) is 6.32. The van der Waals surface area contributed by atoms with E-state index in [9.17, 15) is 4.79 Å². The summed E-state index contributed by atoms with van der Waals surface area (Å²) in [5.41, 5.74) is 6.17. The summed E-state index contributed by atoms with van der Waals surface area (Å²) in [5.74, 6) is 0.190. The molecule has 5 nitrogen and oxygen atoms in total. The first-order chi connectivity index (χ1) is 17.5. The van der Waals surface area contributed by atoms with Gasteiger partial charge in [-0.1, -0.05) is 53.5 Å². The van der Waals surface area contributed by atoms with E-state index in [-0.39, 0.29) is 18.0 Å². The van der Waals surface area contributed by atoms with E-state index in [0.717, 1.165) is 60.5 Å². The first-order valence-electron chi connectivity index (χ1n) is 12.5. The maximum absolute atomic E-state index is 13.4. The molecule has 2 fully saturated rings. The van der Waals surface area contributed by atoms with E-state index in [0.29, 0.717) is 16.5 Å². The van der Waals surface area contributed by atoms with Crippen molar-refractivity contribution >= 4 is 34.8 Å². The molecule has 2 bridgehead atoms. The van der Waals surface area contributed by atoms with Gasteiger partial charge in [-0.05, 0) is 61.2 Å². The summed E-state index contributed by atoms with van der Waals surface area (Å²) in [6.45, 7) is 4.53. The second-order valence-electron chi connectivity index (χ2n) is 9.93. The molecule has 2 aliphatic heterocycles. The molecule has 1 amide bonds. The zero-order chi connectivity index (χ0) is 24.8. The number of rotatable bonds is 5. The van der Waals surface area contributed by atoms with Gasteiger partial charge in [-0.25, -0.2) is 4.98 Å². The van der Waals surface area contributed by atoms with Crippen LogP contribution in [0.25, 0.3) is 16.9 Å². The van der Waals surface area contributed by atoms with Gasteiger partial charge in [-0.3, -0.25) is 9.69 Å². The van der Waals surface area contributed by atoms with Crippen LogP contribution in [0.2, 0.25) is 10.0 Å². The van der Waals surface area contributed by atoms with Crippen molar-refractivity contribution in [2.24, 2.45) is 0 Å². The average molecular weight is 519 g/mol. The highest BCUT2D eigenvalue weighted by molar-refractivity contribution is 6.31. The molecule has 0 saturated carbocycles. The van der Waals surface area contributed by atoms with Gasteiger partial charge in [0.15, 0.2) is 0 Å². The molecule has 2 aliphatic rings. The van der Waals surface area contributed by atoms with Crippen molar-refractivity contribution in [1.82, 2.24) is 19.2 Å². The van der Waals surface area contributed by atoms with Gasteiger partial charge in [-0.15, -0.1) is 0 Å². The number of halogens is 2. The minimum atomic E-state index is 0.190. The second kappa shape index (κ2) is 9.55. The van der Waals surface area contributed by atoms with E-state index in [1.807, 2.05) is 67.6 Å². The smallest absolute Gasteiger partial charge is 0.227 e. The highest BCUT2D eigenvalue weighted by Gasteiger charge is 2.42. The molecule has 2 unspecified atom stereocenters. The van der Waals surface area contributed by atoms with Crippen molar-refractivity contribution < 1.29 is 4.79 Å². The van der Waals surface area contributed by atoms with Crippen LogP contribution in [-0.4, -0.2) is 50.3 Å². The second-order valence-corrected chi connectivity index (χ2v) is 10.8. The van der Waals surface area contributed by atoms with Gasteiger partial charge in [0.25, 0.3) is 0 Å². The van der Waals surface area contributed by atoms with Gasteiger partial charge < -0.3 is 9.30 Å². The zero-order valence-corrected chi connectivity index (χ0v) is 21.7. The molecule has 2 aromatic heterocycles. The normalized spacial score (nSPS) is 19.8. The lowest BCUT2D eigenvalue weighted by atomic mass is 10.0. The SMILES string of the molecule is Cc1cccc(Cl)c1CC(=O)N1C2CCC1CN(Cc1c(-c3ccc(Cl)cc3)nc3ccccn13)C2. The van der Waals surface area contributed by atoms with Crippen molar-refractivity contribution in [3.63, 3.8) is 0 Å². The molecule has 0 N–H and O–H groups in total. The standard InChI is InChI=1S/C29H28Cl2N4O/c1-19-5-4-6-25(31)24(19)15-28(36)35-22-12-13-23(35)17-33(16-22)18-26-29(20-8-10-21(30)11-9-20)32-27-7-2-3-14-34(26)27/h2-11,14,22-23H,12-13,15-18H2,1H3. The summed E-state index contributed by atoms with van der Waals surface area (Å²) in [6.07, 6.45) is 4.54. The lowest BCUT2D eigenvalue weighted by Gasteiger charge is -2.41. The van der Waals surface area contributed by atoms with Crippen molar-refractivity contribution in [3.8, 4) is 11.3 Å². The molecule has 2 aromatic carbocycles. The highest BCUT2D eigenvalue weighted by atomic mass is 35.5. The Morgan fingerprint density at radius 1 is 0.972 bits per heavy atom. The predicted octanol–water partition coefficient (Wildman–Crippen LogP) is 6.03. The molecular weight excluding hydrogens is 491 g/mol. The summed E-state index contributed by atoms with van der Waals surface area (Å²) in [5, 5.41) is 1.39. The first-order valence-corrected chi connectivity index (χ1v) is 13.2. The zero-order valence-electron chi connectivity index (χ0n) is 20.2. The Kier molecular flexibility index (Phi) is 6.24. The molecule has 2 atom stereocenters. The third-order valence-electron chi connectivity index (χ3n) is 7.65. The Morgan fingerprint density at radius 3 is 2.44 bits per heavy atom. The van der Waals surface area contributed by atoms with Gasteiger partial charge in [0.1, 0.15) is 5.65 Å².